The summed E-state index contributed by atoms with van der Waals surface area (Å²) in [5.41, 5.74) is 0. The van der Waals surface area contributed by atoms with Crippen molar-refractivity contribution in [1.82, 2.24) is 10.6 Å². The number of amides is 2. The first-order chi connectivity index (χ1) is 26.7. The zero-order chi connectivity index (χ0) is 40.5. The van der Waals surface area contributed by atoms with Gasteiger partial charge in [-0.2, -0.15) is 0 Å². The van der Waals surface area contributed by atoms with Crippen LogP contribution in [0.5, 0.6) is 0 Å². The average Bonchev–Trinajstić information content (AvgIpc) is 3.18. The summed E-state index contributed by atoms with van der Waals surface area (Å²) in [6, 6.07) is -1.02. The maximum absolute atomic E-state index is 13.0. The normalized spacial score (nSPS) is 21.6. The fourth-order valence-corrected chi connectivity index (χ4v) is 7.22. The minimum Gasteiger partial charge on any atom is -0.394 e. The third-order valence-electron chi connectivity index (χ3n) is 11.0. The molecule has 0 spiro atoms. The molecule has 326 valence electrons. The summed E-state index contributed by atoms with van der Waals surface area (Å²) in [5.74, 6) is -0.145. The highest BCUT2D eigenvalue weighted by Crippen LogP contribution is 2.23. The van der Waals surface area contributed by atoms with Crippen molar-refractivity contribution in [3.63, 3.8) is 0 Å². The fourth-order valence-electron chi connectivity index (χ4n) is 7.22. The highest BCUT2D eigenvalue weighted by atomic mass is 16.7. The van der Waals surface area contributed by atoms with Crippen LogP contribution >= 0.6 is 0 Å². The van der Waals surface area contributed by atoms with Gasteiger partial charge in [0.05, 0.1) is 25.4 Å². The number of nitrogens with one attached hydrogen (secondary N) is 2. The van der Waals surface area contributed by atoms with Crippen LogP contribution in [0.1, 0.15) is 194 Å². The van der Waals surface area contributed by atoms with Crippen molar-refractivity contribution in [2.75, 3.05) is 19.8 Å². The van der Waals surface area contributed by atoms with E-state index in [1.165, 1.54) is 77.0 Å². The molecule has 0 saturated carbocycles. The molecule has 12 nitrogen and oxygen atoms in total. The lowest BCUT2D eigenvalue weighted by Gasteiger charge is -2.40. The van der Waals surface area contributed by atoms with Gasteiger partial charge in [0.1, 0.15) is 30.5 Å². The number of rotatable bonds is 37. The van der Waals surface area contributed by atoms with Crippen LogP contribution in [0.15, 0.2) is 0 Å². The van der Waals surface area contributed by atoms with Crippen LogP contribution in [0.4, 0.5) is 0 Å². The van der Waals surface area contributed by atoms with E-state index in [1.807, 2.05) is 0 Å². The van der Waals surface area contributed by atoms with E-state index in [0.717, 1.165) is 83.6 Å². The van der Waals surface area contributed by atoms with Crippen molar-refractivity contribution in [3.8, 4) is 0 Å². The Morgan fingerprint density at radius 1 is 0.600 bits per heavy atom. The van der Waals surface area contributed by atoms with Gasteiger partial charge in [-0.15, -0.1) is 0 Å². The van der Waals surface area contributed by atoms with E-state index in [-0.39, 0.29) is 24.8 Å². The molecule has 55 heavy (non-hydrogen) atoms. The summed E-state index contributed by atoms with van der Waals surface area (Å²) in [6.07, 6.45) is 19.3. The topological polar surface area (TPSA) is 198 Å². The van der Waals surface area contributed by atoms with Gasteiger partial charge in [0.2, 0.25) is 11.8 Å². The molecule has 0 aromatic heterocycles. The minimum atomic E-state index is -1.62. The van der Waals surface area contributed by atoms with Crippen LogP contribution in [0.25, 0.3) is 0 Å². The molecule has 1 aliphatic rings. The first kappa shape index (κ1) is 51.6. The number of aliphatic hydroxyl groups excluding tert-OH is 6. The Morgan fingerprint density at radius 2 is 1.05 bits per heavy atom. The zero-order valence-corrected chi connectivity index (χ0v) is 34.9. The Labute approximate surface area is 333 Å². The van der Waals surface area contributed by atoms with Crippen molar-refractivity contribution in [1.29, 1.82) is 0 Å². The number of aliphatic hydroxyl groups is 6. The third kappa shape index (κ3) is 25.6. The molecular formula is C43H84N2O10. The van der Waals surface area contributed by atoms with Crippen molar-refractivity contribution < 1.29 is 49.7 Å². The molecule has 8 atom stereocenters. The smallest absolute Gasteiger partial charge is 0.220 e. The predicted octanol–water partition coefficient (Wildman–Crippen LogP) is 6.09. The van der Waals surface area contributed by atoms with E-state index in [4.69, 9.17) is 9.47 Å². The van der Waals surface area contributed by atoms with Crippen molar-refractivity contribution in [3.05, 3.63) is 0 Å². The number of unbranched alkanes of at least 4 members (excludes halogenated alkanes) is 22. The number of hydrogen-bond acceptors (Lipinski definition) is 10. The largest absolute Gasteiger partial charge is 0.394 e. The Hall–Kier alpha value is -1.38. The fraction of sp³-hybridized carbons (Fsp3) is 0.953. The van der Waals surface area contributed by atoms with Gasteiger partial charge in [-0.25, -0.2) is 0 Å². The second-order valence-corrected chi connectivity index (χ2v) is 16.0. The summed E-state index contributed by atoms with van der Waals surface area (Å²) in [4.78, 5) is 25.0. The Kier molecular flexibility index (Phi) is 32.5. The molecule has 1 aliphatic heterocycles. The average molecular weight is 789 g/mol. The molecule has 0 bridgehead atoms. The van der Waals surface area contributed by atoms with Gasteiger partial charge in [-0.3, -0.25) is 9.59 Å². The second kappa shape index (κ2) is 34.6. The number of hydrogen-bond donors (Lipinski definition) is 8. The summed E-state index contributed by atoms with van der Waals surface area (Å²) in [5, 5.41) is 68.0. The van der Waals surface area contributed by atoms with E-state index < -0.39 is 55.6 Å². The van der Waals surface area contributed by atoms with E-state index in [2.05, 4.69) is 24.5 Å². The molecule has 8 N–H and O–H groups in total. The van der Waals surface area contributed by atoms with Crippen LogP contribution in [-0.2, 0) is 19.1 Å². The predicted molar refractivity (Wildman–Crippen MR) is 217 cm³/mol. The first-order valence-corrected chi connectivity index (χ1v) is 22.5. The van der Waals surface area contributed by atoms with Gasteiger partial charge in [-0.05, 0) is 25.7 Å². The Morgan fingerprint density at radius 3 is 1.56 bits per heavy atom. The minimum absolute atomic E-state index is 0.151. The molecule has 0 radical (unpaired) electrons. The van der Waals surface area contributed by atoms with Crippen LogP contribution in [0.3, 0.4) is 0 Å². The summed E-state index contributed by atoms with van der Waals surface area (Å²) in [6.45, 7) is 4.21. The highest BCUT2D eigenvalue weighted by Gasteiger charge is 2.44. The van der Waals surface area contributed by atoms with E-state index >= 15 is 0 Å². The van der Waals surface area contributed by atoms with Crippen LogP contribution in [0.2, 0.25) is 0 Å². The molecule has 1 fully saturated rings. The number of ether oxygens (including phenoxy) is 2. The lowest BCUT2D eigenvalue weighted by Crippen LogP contribution is -2.60. The van der Waals surface area contributed by atoms with Gasteiger partial charge in [0.15, 0.2) is 6.29 Å². The molecular weight excluding hydrogens is 704 g/mol. The van der Waals surface area contributed by atoms with E-state index in [0.29, 0.717) is 19.3 Å². The van der Waals surface area contributed by atoms with Crippen LogP contribution < -0.4 is 10.6 Å². The molecule has 1 heterocycles. The quantitative estimate of drug-likeness (QED) is 0.0341. The Bertz CT molecular complexity index is 913. The molecule has 0 aliphatic carbocycles. The second-order valence-electron chi connectivity index (χ2n) is 16.0. The molecule has 3 unspecified atom stereocenters. The van der Waals surface area contributed by atoms with Gasteiger partial charge in [-0.1, -0.05) is 155 Å². The highest BCUT2D eigenvalue weighted by molar-refractivity contribution is 5.76. The molecule has 0 aromatic carbocycles. The van der Waals surface area contributed by atoms with Crippen molar-refractivity contribution in [2.24, 2.45) is 0 Å². The van der Waals surface area contributed by atoms with Gasteiger partial charge >= 0.3 is 0 Å². The number of carbonyl (C=O) groups is 2. The molecule has 0 aromatic rings. The van der Waals surface area contributed by atoms with Gasteiger partial charge < -0.3 is 50.7 Å². The van der Waals surface area contributed by atoms with E-state index in [9.17, 15) is 40.2 Å². The maximum Gasteiger partial charge on any atom is 0.220 e. The first-order valence-electron chi connectivity index (χ1n) is 22.5. The van der Waals surface area contributed by atoms with Gasteiger partial charge in [0.25, 0.3) is 0 Å². The zero-order valence-electron chi connectivity index (χ0n) is 34.9. The van der Waals surface area contributed by atoms with Crippen LogP contribution in [-0.4, -0.2) is 111 Å². The lowest BCUT2D eigenvalue weighted by molar-refractivity contribution is -0.303. The lowest BCUT2D eigenvalue weighted by atomic mass is 9.98. The van der Waals surface area contributed by atoms with Crippen molar-refractivity contribution >= 4 is 11.8 Å². The SMILES string of the molecule is CCCCCCCCCCCCCCC(O)C(O)C(CO[C@H]1O[C@H](CO)[C@H](O)[C@H](O)[C@H]1O)NC(=O)CCCCCCCCCNC(=O)CCCCCCCC. The maximum atomic E-state index is 13.0. The number of carbonyl (C=O) groups excluding carboxylic acids is 2. The standard InChI is InChI=1S/C43H84N2O10/c1-3-5-7-9-11-12-13-14-15-17-20-24-28-35(47)39(50)34(33-54-43-42(53)41(52)40(51)36(32-46)55-43)45-38(49)30-26-22-18-16-19-23-27-31-44-37(48)29-25-21-10-8-6-4-2/h34-36,39-43,46-47,50-53H,3-33H2,1-2H3,(H,44,48)(H,45,49)/t34?,35?,36-,39?,40+,41+,42-,43+/m1/s1. The monoisotopic (exact) mass is 789 g/mol. The molecule has 2 amide bonds. The molecule has 1 saturated heterocycles. The summed E-state index contributed by atoms with van der Waals surface area (Å²) < 4.78 is 11.1. The molecule has 1 rings (SSSR count). The summed E-state index contributed by atoms with van der Waals surface area (Å²) in [7, 11) is 0. The van der Waals surface area contributed by atoms with Crippen molar-refractivity contribution in [2.45, 2.75) is 243 Å². The van der Waals surface area contributed by atoms with Crippen LogP contribution in [0, 0.1) is 0 Å². The Balaban J connectivity index is 2.40. The molecule has 12 heteroatoms. The summed E-state index contributed by atoms with van der Waals surface area (Å²) >= 11 is 0. The third-order valence-corrected chi connectivity index (χ3v) is 11.0. The van der Waals surface area contributed by atoms with E-state index in [1.54, 1.807) is 0 Å². The van der Waals surface area contributed by atoms with Gasteiger partial charge in [0, 0.05) is 19.4 Å².